The minimum atomic E-state index is -1.33. The Balaban J connectivity index is 1.37. The van der Waals surface area contributed by atoms with E-state index >= 15 is 0 Å². The number of rotatable bonds is 10. The number of ether oxygens (including phenoxy) is 1. The molecule has 2 aliphatic carbocycles. The molecule has 1 aromatic carbocycles. The fourth-order valence-corrected chi connectivity index (χ4v) is 4.08. The van der Waals surface area contributed by atoms with E-state index in [1.807, 2.05) is 0 Å². The monoisotopic (exact) mass is 452 g/mol. The van der Waals surface area contributed by atoms with Gasteiger partial charge >= 0.3 is 5.97 Å². The van der Waals surface area contributed by atoms with Crippen molar-refractivity contribution in [2.75, 3.05) is 6.61 Å². The van der Waals surface area contributed by atoms with Crippen LogP contribution >= 0.6 is 0 Å². The number of nitrogens with one attached hydrogen (secondary N) is 1. The van der Waals surface area contributed by atoms with Gasteiger partial charge in [-0.15, -0.1) is 0 Å². The highest BCUT2D eigenvalue weighted by Gasteiger charge is 2.36. The Morgan fingerprint density at radius 1 is 1.09 bits per heavy atom. The number of halogens is 3. The molecule has 2 saturated carbocycles. The fourth-order valence-electron chi connectivity index (χ4n) is 4.08. The van der Waals surface area contributed by atoms with Crippen LogP contribution in [0.25, 0.3) is 0 Å². The predicted molar refractivity (Wildman–Crippen MR) is 107 cm³/mol. The summed E-state index contributed by atoms with van der Waals surface area (Å²) in [6.07, 6.45) is 5.10. The Bertz CT molecular complexity index is 901. The average molecular weight is 452 g/mol. The Hall–Kier alpha value is -2.58. The lowest BCUT2D eigenvalue weighted by Gasteiger charge is -2.26. The van der Waals surface area contributed by atoms with E-state index in [0.717, 1.165) is 31.7 Å². The van der Waals surface area contributed by atoms with Crippen LogP contribution in [0.1, 0.15) is 56.9 Å². The summed E-state index contributed by atoms with van der Waals surface area (Å²) >= 11 is 0. The van der Waals surface area contributed by atoms with Crippen molar-refractivity contribution in [1.82, 2.24) is 10.2 Å². The number of nitrogens with zero attached hydrogens (tertiary/aromatic N) is 1. The van der Waals surface area contributed by atoms with Crippen LogP contribution in [-0.2, 0) is 25.7 Å². The van der Waals surface area contributed by atoms with Crippen LogP contribution in [0.15, 0.2) is 12.1 Å². The molecule has 1 aliphatic heterocycles. The van der Waals surface area contributed by atoms with Gasteiger partial charge in [-0.1, -0.05) is 12.8 Å². The average Bonchev–Trinajstić information content (AvgIpc) is 3.66. The summed E-state index contributed by atoms with van der Waals surface area (Å²) in [6, 6.07) is 0.0203. The summed E-state index contributed by atoms with van der Waals surface area (Å²) in [4.78, 5) is 38.7. The van der Waals surface area contributed by atoms with Gasteiger partial charge in [0.05, 0.1) is 6.61 Å². The number of likely N-dealkylation sites (tertiary alicyclic amines) is 1. The van der Waals surface area contributed by atoms with Crippen molar-refractivity contribution in [3.8, 4) is 0 Å². The fraction of sp³-hybridized carbons (Fsp3) is 0.609. The van der Waals surface area contributed by atoms with E-state index in [4.69, 9.17) is 4.74 Å². The molecule has 1 saturated heterocycles. The zero-order valence-electron chi connectivity index (χ0n) is 17.7. The quantitative estimate of drug-likeness (QED) is 0.437. The van der Waals surface area contributed by atoms with E-state index < -0.39 is 41.4 Å². The van der Waals surface area contributed by atoms with Gasteiger partial charge in [0.15, 0.2) is 11.6 Å². The highest BCUT2D eigenvalue weighted by atomic mass is 19.2. The summed E-state index contributed by atoms with van der Waals surface area (Å²) in [5, 5.41) is 2.74. The molecule has 1 aromatic rings. The van der Waals surface area contributed by atoms with Crippen molar-refractivity contribution in [2.24, 2.45) is 11.8 Å². The largest absolute Gasteiger partial charge is 0.464 e. The zero-order chi connectivity index (χ0) is 22.8. The van der Waals surface area contributed by atoms with Gasteiger partial charge in [0.2, 0.25) is 11.8 Å². The normalized spacial score (nSPS) is 21.5. The van der Waals surface area contributed by atoms with Crippen LogP contribution < -0.4 is 5.32 Å². The van der Waals surface area contributed by atoms with Gasteiger partial charge in [0.25, 0.3) is 0 Å². The van der Waals surface area contributed by atoms with E-state index in [2.05, 4.69) is 5.32 Å². The minimum absolute atomic E-state index is 0.0811. The van der Waals surface area contributed by atoms with Crippen molar-refractivity contribution in [1.29, 1.82) is 0 Å². The first-order valence-electron chi connectivity index (χ1n) is 11.2. The molecule has 2 atom stereocenters. The summed E-state index contributed by atoms with van der Waals surface area (Å²) < 4.78 is 46.5. The number of carbonyl (C=O) groups is 3. The van der Waals surface area contributed by atoms with E-state index in [0.29, 0.717) is 37.4 Å². The molecular formula is C23H27F3N2O4. The highest BCUT2D eigenvalue weighted by Crippen LogP contribution is 2.34. The number of amides is 2. The Morgan fingerprint density at radius 3 is 2.50 bits per heavy atom. The maximum Gasteiger partial charge on any atom is 0.328 e. The molecular weight excluding hydrogens is 425 g/mol. The van der Waals surface area contributed by atoms with Gasteiger partial charge in [0, 0.05) is 37.1 Å². The second kappa shape index (κ2) is 9.50. The molecule has 1 heterocycles. The van der Waals surface area contributed by atoms with E-state index in [9.17, 15) is 27.6 Å². The van der Waals surface area contributed by atoms with Crippen molar-refractivity contribution >= 4 is 17.8 Å². The molecule has 3 aliphatic rings. The molecule has 32 heavy (non-hydrogen) atoms. The third kappa shape index (κ3) is 5.81. The first-order valence-corrected chi connectivity index (χ1v) is 11.2. The Morgan fingerprint density at radius 2 is 1.81 bits per heavy atom. The van der Waals surface area contributed by atoms with Crippen LogP contribution in [-0.4, -0.2) is 41.4 Å². The van der Waals surface area contributed by atoms with Crippen LogP contribution in [0.5, 0.6) is 0 Å². The van der Waals surface area contributed by atoms with Crippen molar-refractivity contribution < 1.29 is 32.3 Å². The van der Waals surface area contributed by atoms with Gasteiger partial charge < -0.3 is 15.0 Å². The Labute approximate surface area is 184 Å². The van der Waals surface area contributed by atoms with Gasteiger partial charge in [-0.25, -0.2) is 18.0 Å². The number of hydrogen-bond donors (Lipinski definition) is 1. The molecule has 2 amide bonds. The molecule has 0 aromatic heterocycles. The second-order valence-electron chi connectivity index (χ2n) is 9.15. The number of esters is 1. The molecule has 6 nitrogen and oxygen atoms in total. The van der Waals surface area contributed by atoms with Crippen LogP contribution in [0.3, 0.4) is 0 Å². The predicted octanol–water partition coefficient (Wildman–Crippen LogP) is 3.22. The van der Waals surface area contributed by atoms with Gasteiger partial charge in [-0.3, -0.25) is 9.59 Å². The highest BCUT2D eigenvalue weighted by molar-refractivity contribution is 5.86. The first kappa shape index (κ1) is 22.6. The lowest BCUT2D eigenvalue weighted by molar-refractivity contribution is -0.149. The smallest absolute Gasteiger partial charge is 0.328 e. The number of carbonyl (C=O) groups excluding carboxylic acids is 3. The summed E-state index contributed by atoms with van der Waals surface area (Å²) in [7, 11) is 0. The topological polar surface area (TPSA) is 75.7 Å². The number of benzene rings is 1. The first-order chi connectivity index (χ1) is 15.3. The maximum absolute atomic E-state index is 14.1. The van der Waals surface area contributed by atoms with E-state index in [-0.39, 0.29) is 30.9 Å². The molecule has 1 N–H and O–H groups in total. The molecule has 0 unspecified atom stereocenters. The van der Waals surface area contributed by atoms with Gasteiger partial charge in [-0.2, -0.15) is 0 Å². The third-order valence-electron chi connectivity index (χ3n) is 6.33. The minimum Gasteiger partial charge on any atom is -0.464 e. The summed E-state index contributed by atoms with van der Waals surface area (Å²) in [5.74, 6) is -3.82. The molecule has 174 valence electrons. The standard InChI is InChI=1S/C23H27F3N2O4/c24-16-8-15(22(26)18(25)9-16)11-28-17(5-6-21(28)30)10-20(29)27-19(7-13-1-2-13)23(31)32-12-14-3-4-14/h8-9,13-14,17,19H,1-7,10-12H2,(H,27,29)/t17-,19-/m0/s1. The SMILES string of the molecule is O=C(C[C@@H]1CCC(=O)N1Cc1cc(F)cc(F)c1F)N[C@@H](CC1CC1)C(=O)OCC1CC1. The van der Waals surface area contributed by atoms with Gasteiger partial charge in [-0.05, 0) is 43.6 Å². The van der Waals surface area contributed by atoms with Gasteiger partial charge in [0.1, 0.15) is 11.9 Å². The number of hydrogen-bond acceptors (Lipinski definition) is 4. The molecule has 0 radical (unpaired) electrons. The molecule has 9 heteroatoms. The lowest BCUT2D eigenvalue weighted by atomic mass is 10.1. The second-order valence-corrected chi connectivity index (χ2v) is 9.15. The summed E-state index contributed by atoms with van der Waals surface area (Å²) in [6.45, 7) is 0.0444. The van der Waals surface area contributed by atoms with E-state index in [1.54, 1.807) is 0 Å². The molecule has 3 fully saturated rings. The van der Waals surface area contributed by atoms with Crippen LogP contribution in [0.4, 0.5) is 13.2 Å². The molecule has 0 spiro atoms. The van der Waals surface area contributed by atoms with Crippen molar-refractivity contribution in [3.05, 3.63) is 35.1 Å². The van der Waals surface area contributed by atoms with Crippen molar-refractivity contribution in [3.63, 3.8) is 0 Å². The maximum atomic E-state index is 14.1. The van der Waals surface area contributed by atoms with Crippen LogP contribution in [0.2, 0.25) is 0 Å². The zero-order valence-corrected chi connectivity index (χ0v) is 17.7. The Kier molecular flexibility index (Phi) is 6.71. The van der Waals surface area contributed by atoms with E-state index in [1.165, 1.54) is 4.90 Å². The molecule has 4 rings (SSSR count). The molecule has 0 bridgehead atoms. The third-order valence-corrected chi connectivity index (χ3v) is 6.33. The van der Waals surface area contributed by atoms with Crippen molar-refractivity contribution in [2.45, 2.75) is 70.0 Å². The van der Waals surface area contributed by atoms with Crippen LogP contribution in [0, 0.1) is 29.3 Å². The lowest BCUT2D eigenvalue weighted by Crippen LogP contribution is -2.45. The summed E-state index contributed by atoms with van der Waals surface area (Å²) in [5.41, 5.74) is -0.279.